The monoisotopic (exact) mass is 256 g/mol. The molecular formula is C13H17ClO3. The molecule has 0 fully saturated rings. The highest BCUT2D eigenvalue weighted by atomic mass is 35.5. The van der Waals surface area contributed by atoms with Crippen molar-refractivity contribution in [2.24, 2.45) is 5.41 Å². The number of rotatable bonds is 3. The van der Waals surface area contributed by atoms with Gasteiger partial charge in [0.2, 0.25) is 0 Å². The van der Waals surface area contributed by atoms with Crippen LogP contribution in [-0.4, -0.2) is 19.7 Å². The van der Waals surface area contributed by atoms with Crippen LogP contribution in [0.25, 0.3) is 0 Å². The third-order valence-corrected chi connectivity index (χ3v) is 2.25. The Hall–Kier alpha value is -1.22. The van der Waals surface area contributed by atoms with Crippen molar-refractivity contribution < 1.29 is 14.3 Å². The number of hydrogen-bond acceptors (Lipinski definition) is 3. The van der Waals surface area contributed by atoms with E-state index in [2.05, 4.69) is 0 Å². The van der Waals surface area contributed by atoms with Crippen LogP contribution in [-0.2, 0) is 4.74 Å². The lowest BCUT2D eigenvalue weighted by Crippen LogP contribution is -2.18. The number of halogens is 1. The average Bonchev–Trinajstić information content (AvgIpc) is 2.24. The highest BCUT2D eigenvalue weighted by Gasteiger charge is 2.18. The van der Waals surface area contributed by atoms with Gasteiger partial charge in [-0.05, 0) is 23.6 Å². The summed E-state index contributed by atoms with van der Waals surface area (Å²) in [7, 11) is 1.49. The van der Waals surface area contributed by atoms with Gasteiger partial charge in [-0.1, -0.05) is 32.4 Å². The van der Waals surface area contributed by atoms with Gasteiger partial charge in [0.1, 0.15) is 11.3 Å². The van der Waals surface area contributed by atoms with E-state index < -0.39 is 5.97 Å². The Morgan fingerprint density at radius 2 is 2.00 bits per heavy atom. The summed E-state index contributed by atoms with van der Waals surface area (Å²) < 4.78 is 10.3. The maximum absolute atomic E-state index is 11.8. The molecule has 0 aliphatic rings. The molecule has 0 heterocycles. The third kappa shape index (κ3) is 4.27. The molecule has 0 radical (unpaired) electrons. The Balaban J connectivity index is 2.82. The van der Waals surface area contributed by atoms with Gasteiger partial charge in [0, 0.05) is 5.02 Å². The molecular weight excluding hydrogens is 240 g/mol. The first-order valence-corrected chi connectivity index (χ1v) is 5.72. The summed E-state index contributed by atoms with van der Waals surface area (Å²) in [6.07, 6.45) is 0. The summed E-state index contributed by atoms with van der Waals surface area (Å²) >= 11 is 5.82. The van der Waals surface area contributed by atoms with Crippen molar-refractivity contribution in [3.05, 3.63) is 28.8 Å². The van der Waals surface area contributed by atoms with Crippen LogP contribution in [0.3, 0.4) is 0 Å². The maximum Gasteiger partial charge on any atom is 0.341 e. The van der Waals surface area contributed by atoms with E-state index >= 15 is 0 Å². The van der Waals surface area contributed by atoms with Crippen molar-refractivity contribution in [2.45, 2.75) is 20.8 Å². The minimum absolute atomic E-state index is 0.0602. The van der Waals surface area contributed by atoms with Crippen molar-refractivity contribution >= 4 is 17.6 Å². The standard InChI is InChI=1S/C13H17ClO3/c1-13(2,3)8-17-12(15)10-6-5-9(14)7-11(10)16-4/h5-7H,8H2,1-4H3. The van der Waals surface area contributed by atoms with E-state index in [1.54, 1.807) is 18.2 Å². The zero-order valence-corrected chi connectivity index (χ0v) is 11.3. The van der Waals surface area contributed by atoms with Gasteiger partial charge in [-0.3, -0.25) is 0 Å². The van der Waals surface area contributed by atoms with Crippen molar-refractivity contribution in [2.75, 3.05) is 13.7 Å². The Morgan fingerprint density at radius 1 is 1.35 bits per heavy atom. The van der Waals surface area contributed by atoms with Gasteiger partial charge < -0.3 is 9.47 Å². The summed E-state index contributed by atoms with van der Waals surface area (Å²) in [5.74, 6) is 0.0323. The Kier molecular flexibility index (Phi) is 4.40. The van der Waals surface area contributed by atoms with E-state index in [0.29, 0.717) is 22.9 Å². The van der Waals surface area contributed by atoms with E-state index in [9.17, 15) is 4.79 Å². The van der Waals surface area contributed by atoms with E-state index in [4.69, 9.17) is 21.1 Å². The summed E-state index contributed by atoms with van der Waals surface area (Å²) in [4.78, 5) is 11.8. The minimum Gasteiger partial charge on any atom is -0.496 e. The molecule has 0 unspecified atom stereocenters. The number of carbonyl (C=O) groups is 1. The normalized spacial score (nSPS) is 11.1. The molecule has 1 aromatic carbocycles. The second-order valence-electron chi connectivity index (χ2n) is 4.98. The summed E-state index contributed by atoms with van der Waals surface area (Å²) in [6, 6.07) is 4.83. The van der Waals surface area contributed by atoms with Crippen LogP contribution in [0.5, 0.6) is 5.75 Å². The topological polar surface area (TPSA) is 35.5 Å². The summed E-state index contributed by atoms with van der Waals surface area (Å²) in [5, 5.41) is 0.522. The fraction of sp³-hybridized carbons (Fsp3) is 0.462. The number of hydrogen-bond donors (Lipinski definition) is 0. The van der Waals surface area contributed by atoms with E-state index in [1.807, 2.05) is 20.8 Å². The Labute approximate surface area is 107 Å². The van der Waals surface area contributed by atoms with E-state index in [0.717, 1.165) is 0 Å². The van der Waals surface area contributed by atoms with E-state index in [1.165, 1.54) is 7.11 Å². The van der Waals surface area contributed by atoms with Crippen LogP contribution < -0.4 is 4.74 Å². The van der Waals surface area contributed by atoms with Crippen molar-refractivity contribution in [3.63, 3.8) is 0 Å². The first kappa shape index (κ1) is 13.8. The molecule has 0 aliphatic heterocycles. The second-order valence-corrected chi connectivity index (χ2v) is 5.42. The van der Waals surface area contributed by atoms with Gasteiger partial charge in [0.25, 0.3) is 0 Å². The molecule has 0 aromatic heterocycles. The molecule has 0 saturated carbocycles. The maximum atomic E-state index is 11.8. The van der Waals surface area contributed by atoms with Crippen LogP contribution in [0.2, 0.25) is 5.02 Å². The molecule has 1 aromatic rings. The third-order valence-electron chi connectivity index (χ3n) is 2.02. The molecule has 3 nitrogen and oxygen atoms in total. The van der Waals surface area contributed by atoms with Crippen LogP contribution in [0.1, 0.15) is 31.1 Å². The highest BCUT2D eigenvalue weighted by Crippen LogP contribution is 2.24. The predicted octanol–water partition coefficient (Wildman–Crippen LogP) is 3.55. The predicted molar refractivity (Wildman–Crippen MR) is 67.7 cm³/mol. The molecule has 17 heavy (non-hydrogen) atoms. The Bertz CT molecular complexity index is 408. The molecule has 0 bridgehead atoms. The van der Waals surface area contributed by atoms with Gasteiger partial charge in [0.15, 0.2) is 0 Å². The molecule has 94 valence electrons. The lowest BCUT2D eigenvalue weighted by atomic mass is 9.99. The van der Waals surface area contributed by atoms with Crippen LogP contribution in [0.15, 0.2) is 18.2 Å². The van der Waals surface area contributed by atoms with Gasteiger partial charge in [0.05, 0.1) is 13.7 Å². The van der Waals surface area contributed by atoms with Crippen molar-refractivity contribution in [1.29, 1.82) is 0 Å². The summed E-state index contributed by atoms with van der Waals surface area (Å²) in [5.41, 5.74) is 0.330. The largest absolute Gasteiger partial charge is 0.496 e. The second kappa shape index (κ2) is 5.41. The quantitative estimate of drug-likeness (QED) is 0.776. The van der Waals surface area contributed by atoms with Gasteiger partial charge in [-0.15, -0.1) is 0 Å². The van der Waals surface area contributed by atoms with Crippen LogP contribution in [0, 0.1) is 5.41 Å². The number of methoxy groups -OCH3 is 1. The zero-order valence-electron chi connectivity index (χ0n) is 10.5. The number of benzene rings is 1. The van der Waals surface area contributed by atoms with Gasteiger partial charge in [-0.2, -0.15) is 0 Å². The molecule has 0 saturated heterocycles. The first-order valence-electron chi connectivity index (χ1n) is 5.34. The first-order chi connectivity index (χ1) is 7.83. The fourth-order valence-corrected chi connectivity index (χ4v) is 1.36. The molecule has 0 amide bonds. The fourth-order valence-electron chi connectivity index (χ4n) is 1.19. The molecule has 0 spiro atoms. The van der Waals surface area contributed by atoms with Crippen LogP contribution >= 0.6 is 11.6 Å². The minimum atomic E-state index is -0.395. The highest BCUT2D eigenvalue weighted by molar-refractivity contribution is 6.30. The average molecular weight is 257 g/mol. The number of carbonyl (C=O) groups excluding carboxylic acids is 1. The van der Waals surface area contributed by atoms with E-state index in [-0.39, 0.29) is 5.41 Å². The number of esters is 1. The van der Waals surface area contributed by atoms with Gasteiger partial charge >= 0.3 is 5.97 Å². The smallest absolute Gasteiger partial charge is 0.341 e. The van der Waals surface area contributed by atoms with Crippen molar-refractivity contribution in [1.82, 2.24) is 0 Å². The lowest BCUT2D eigenvalue weighted by molar-refractivity contribution is 0.0363. The molecule has 0 atom stereocenters. The molecule has 0 N–H and O–H groups in total. The zero-order chi connectivity index (χ0) is 13.1. The van der Waals surface area contributed by atoms with Crippen LogP contribution in [0.4, 0.5) is 0 Å². The molecule has 4 heteroatoms. The van der Waals surface area contributed by atoms with Crippen molar-refractivity contribution in [3.8, 4) is 5.75 Å². The SMILES string of the molecule is COc1cc(Cl)ccc1C(=O)OCC(C)(C)C. The number of ether oxygens (including phenoxy) is 2. The lowest BCUT2D eigenvalue weighted by Gasteiger charge is -2.18. The summed E-state index contributed by atoms with van der Waals surface area (Å²) in [6.45, 7) is 6.36. The van der Waals surface area contributed by atoms with Gasteiger partial charge in [-0.25, -0.2) is 4.79 Å². The molecule has 0 aliphatic carbocycles. The Morgan fingerprint density at radius 3 is 2.53 bits per heavy atom. The molecule has 1 rings (SSSR count).